The Morgan fingerprint density at radius 2 is 1.77 bits per heavy atom. The summed E-state index contributed by atoms with van der Waals surface area (Å²) < 4.78 is 0. The van der Waals surface area contributed by atoms with Crippen LogP contribution in [0.1, 0.15) is 32.3 Å². The maximum absolute atomic E-state index is 12.0. The average molecular weight is 451 g/mol. The molecule has 0 radical (unpaired) electrons. The summed E-state index contributed by atoms with van der Waals surface area (Å²) in [6.07, 6.45) is 1.26. The monoisotopic (exact) mass is 450 g/mol. The molecule has 30 heavy (non-hydrogen) atoms. The molecule has 7 nitrogen and oxygen atoms in total. The zero-order valence-corrected chi connectivity index (χ0v) is 18.3. The van der Waals surface area contributed by atoms with Crippen LogP contribution in [0.2, 0.25) is 10.0 Å². The number of hydrogen-bond donors (Lipinski definition) is 3. The van der Waals surface area contributed by atoms with E-state index in [-0.39, 0.29) is 24.5 Å². The van der Waals surface area contributed by atoms with Gasteiger partial charge in [0, 0.05) is 48.3 Å². The molecule has 0 saturated carbocycles. The van der Waals surface area contributed by atoms with Crippen LogP contribution in [0.4, 0.5) is 11.4 Å². The number of aromatic hydroxyl groups is 1. The number of nitrogens with one attached hydrogen (secondary N) is 2. The summed E-state index contributed by atoms with van der Waals surface area (Å²) in [4.78, 5) is 26.0. The first-order valence-electron chi connectivity index (χ1n) is 9.48. The van der Waals surface area contributed by atoms with Crippen LogP contribution in [0.5, 0.6) is 5.75 Å². The number of hydrazone groups is 1. The summed E-state index contributed by atoms with van der Waals surface area (Å²) >= 11 is 11.8. The number of amides is 2. The quantitative estimate of drug-likeness (QED) is 0.389. The van der Waals surface area contributed by atoms with Crippen molar-refractivity contribution in [1.82, 2.24) is 5.43 Å². The van der Waals surface area contributed by atoms with E-state index in [0.717, 1.165) is 18.8 Å². The lowest BCUT2D eigenvalue weighted by Gasteiger charge is -2.21. The van der Waals surface area contributed by atoms with E-state index in [4.69, 9.17) is 23.2 Å². The minimum atomic E-state index is -0.428. The van der Waals surface area contributed by atoms with Crippen LogP contribution in [0.3, 0.4) is 0 Å². The van der Waals surface area contributed by atoms with Crippen molar-refractivity contribution in [3.05, 3.63) is 52.0 Å². The molecule has 2 aromatic carbocycles. The first kappa shape index (κ1) is 23.5. The van der Waals surface area contributed by atoms with E-state index in [1.807, 2.05) is 19.9 Å². The fourth-order valence-corrected chi connectivity index (χ4v) is 3.14. The predicted octanol–water partition coefficient (Wildman–Crippen LogP) is 4.41. The third kappa shape index (κ3) is 6.93. The lowest BCUT2D eigenvalue weighted by Crippen LogP contribution is -2.21. The van der Waals surface area contributed by atoms with Crippen molar-refractivity contribution in [3.8, 4) is 5.75 Å². The maximum atomic E-state index is 12.0. The molecule has 9 heteroatoms. The summed E-state index contributed by atoms with van der Waals surface area (Å²) in [6, 6.07) is 9.97. The van der Waals surface area contributed by atoms with Crippen LogP contribution in [0, 0.1) is 0 Å². The molecular formula is C21H24Cl2N4O3. The molecule has 0 aromatic heterocycles. The molecule has 0 aliphatic carbocycles. The van der Waals surface area contributed by atoms with Gasteiger partial charge in [-0.05, 0) is 44.2 Å². The molecule has 3 N–H and O–H groups in total. The molecule has 0 unspecified atom stereocenters. The third-order valence-corrected chi connectivity index (χ3v) is 4.87. The lowest BCUT2D eigenvalue weighted by molar-refractivity contribution is -0.124. The molecule has 0 aliphatic rings. The van der Waals surface area contributed by atoms with Crippen molar-refractivity contribution in [2.45, 2.75) is 26.7 Å². The molecule has 2 aromatic rings. The molecule has 0 aliphatic heterocycles. The van der Waals surface area contributed by atoms with Gasteiger partial charge in [-0.2, -0.15) is 5.10 Å². The van der Waals surface area contributed by atoms with Crippen molar-refractivity contribution in [3.63, 3.8) is 0 Å². The zero-order chi connectivity index (χ0) is 22.1. The van der Waals surface area contributed by atoms with E-state index in [1.165, 1.54) is 12.3 Å². The highest BCUT2D eigenvalue weighted by Crippen LogP contribution is 2.25. The van der Waals surface area contributed by atoms with Gasteiger partial charge in [-0.3, -0.25) is 9.59 Å². The average Bonchev–Trinajstić information content (AvgIpc) is 2.71. The van der Waals surface area contributed by atoms with Crippen LogP contribution in [0.15, 0.2) is 41.5 Å². The van der Waals surface area contributed by atoms with Gasteiger partial charge in [-0.15, -0.1) is 0 Å². The van der Waals surface area contributed by atoms with Gasteiger partial charge in [-0.1, -0.05) is 23.2 Å². The minimum absolute atomic E-state index is 0.0376. The Hall–Kier alpha value is -2.77. The van der Waals surface area contributed by atoms with E-state index >= 15 is 0 Å². The molecule has 0 heterocycles. The van der Waals surface area contributed by atoms with E-state index < -0.39 is 5.91 Å². The second kappa shape index (κ2) is 11.4. The van der Waals surface area contributed by atoms with Gasteiger partial charge in [0.2, 0.25) is 11.8 Å². The number of carbonyl (C=O) groups excluding carboxylic acids is 2. The van der Waals surface area contributed by atoms with Crippen molar-refractivity contribution >= 4 is 52.6 Å². The summed E-state index contributed by atoms with van der Waals surface area (Å²) in [5.74, 6) is -0.720. The van der Waals surface area contributed by atoms with E-state index in [2.05, 4.69) is 20.7 Å². The molecule has 0 spiro atoms. The van der Waals surface area contributed by atoms with Crippen LogP contribution in [-0.2, 0) is 9.59 Å². The molecule has 0 bridgehead atoms. The number of phenolic OH excluding ortho intramolecular Hbond substituents is 1. The third-order valence-electron chi connectivity index (χ3n) is 4.32. The smallest absolute Gasteiger partial charge is 0.240 e. The summed E-state index contributed by atoms with van der Waals surface area (Å²) in [5.41, 5.74) is 4.15. The topological polar surface area (TPSA) is 94.0 Å². The Balaban J connectivity index is 1.82. The fraction of sp³-hybridized carbons (Fsp3) is 0.286. The molecular weight excluding hydrogens is 427 g/mol. The number of rotatable bonds is 9. The molecule has 0 saturated heterocycles. The lowest BCUT2D eigenvalue weighted by atomic mass is 10.2. The van der Waals surface area contributed by atoms with Crippen LogP contribution < -0.4 is 15.6 Å². The van der Waals surface area contributed by atoms with Crippen molar-refractivity contribution in [2.75, 3.05) is 23.3 Å². The number of halogens is 2. The van der Waals surface area contributed by atoms with Crippen molar-refractivity contribution in [1.29, 1.82) is 0 Å². The highest BCUT2D eigenvalue weighted by atomic mass is 35.5. The Morgan fingerprint density at radius 1 is 1.07 bits per heavy atom. The molecule has 0 fully saturated rings. The fourth-order valence-electron chi connectivity index (χ4n) is 2.69. The van der Waals surface area contributed by atoms with Gasteiger partial charge < -0.3 is 15.3 Å². The first-order chi connectivity index (χ1) is 14.3. The number of carbonyl (C=O) groups is 2. The Labute approximate surface area is 185 Å². The Bertz CT molecular complexity index is 930. The predicted molar refractivity (Wildman–Crippen MR) is 122 cm³/mol. The number of nitrogens with zero attached hydrogens (tertiary/aromatic N) is 2. The van der Waals surface area contributed by atoms with E-state index in [9.17, 15) is 14.7 Å². The van der Waals surface area contributed by atoms with Crippen molar-refractivity contribution in [2.24, 2.45) is 5.10 Å². The molecule has 160 valence electrons. The number of phenols is 1. The first-order valence-corrected chi connectivity index (χ1v) is 10.2. The summed E-state index contributed by atoms with van der Waals surface area (Å²) in [5, 5.41) is 17.4. The SMILES string of the molecule is CCN(CC)c1ccc(C=NNC(=O)CCC(=O)Nc2ccc(Cl)cc2Cl)c(O)c1. The summed E-state index contributed by atoms with van der Waals surface area (Å²) in [6.45, 7) is 5.74. The van der Waals surface area contributed by atoms with Gasteiger partial charge >= 0.3 is 0 Å². The summed E-state index contributed by atoms with van der Waals surface area (Å²) in [7, 11) is 0. The largest absolute Gasteiger partial charge is 0.507 e. The number of anilines is 2. The second-order valence-electron chi connectivity index (χ2n) is 6.38. The maximum Gasteiger partial charge on any atom is 0.240 e. The van der Waals surface area contributed by atoms with Gasteiger partial charge in [0.05, 0.1) is 16.9 Å². The standard InChI is InChI=1S/C21H24Cl2N4O3/c1-3-27(4-2)16-7-5-14(19(28)12-16)13-24-26-21(30)10-9-20(29)25-18-8-6-15(22)11-17(18)23/h5-8,11-13,28H,3-4,9-10H2,1-2H3,(H,25,29)(H,26,30). The van der Waals surface area contributed by atoms with Crippen LogP contribution in [0.25, 0.3) is 0 Å². The van der Waals surface area contributed by atoms with E-state index in [0.29, 0.717) is 21.3 Å². The van der Waals surface area contributed by atoms with Gasteiger partial charge in [0.1, 0.15) is 5.75 Å². The van der Waals surface area contributed by atoms with Gasteiger partial charge in [0.15, 0.2) is 0 Å². The van der Waals surface area contributed by atoms with Gasteiger partial charge in [0.25, 0.3) is 0 Å². The minimum Gasteiger partial charge on any atom is -0.507 e. The van der Waals surface area contributed by atoms with Crippen LogP contribution in [-0.4, -0.2) is 36.2 Å². The zero-order valence-electron chi connectivity index (χ0n) is 16.8. The highest BCUT2D eigenvalue weighted by molar-refractivity contribution is 6.36. The van der Waals surface area contributed by atoms with Crippen molar-refractivity contribution < 1.29 is 14.7 Å². The Morgan fingerprint density at radius 3 is 2.40 bits per heavy atom. The normalized spacial score (nSPS) is 10.8. The molecule has 2 amide bonds. The highest BCUT2D eigenvalue weighted by Gasteiger charge is 2.10. The number of hydrogen-bond acceptors (Lipinski definition) is 5. The Kier molecular flexibility index (Phi) is 8.95. The molecule has 0 atom stereocenters. The number of benzene rings is 2. The van der Waals surface area contributed by atoms with Gasteiger partial charge in [-0.25, -0.2) is 5.43 Å². The van der Waals surface area contributed by atoms with Crippen LogP contribution >= 0.6 is 23.2 Å². The van der Waals surface area contributed by atoms with E-state index in [1.54, 1.807) is 24.3 Å². The molecule has 2 rings (SSSR count). The second-order valence-corrected chi connectivity index (χ2v) is 7.22.